The van der Waals surface area contributed by atoms with E-state index in [0.29, 0.717) is 12.0 Å². The van der Waals surface area contributed by atoms with Crippen molar-refractivity contribution >= 4 is 11.9 Å². The fraction of sp³-hybridized carbons (Fsp3) is 0.467. The fourth-order valence-electron chi connectivity index (χ4n) is 1.91. The summed E-state index contributed by atoms with van der Waals surface area (Å²) in [5.74, 6) is -0.937. The molecule has 0 aliphatic heterocycles. The van der Waals surface area contributed by atoms with Crippen LogP contribution < -0.4 is 5.32 Å². The van der Waals surface area contributed by atoms with E-state index in [1.807, 2.05) is 13.8 Å². The van der Waals surface area contributed by atoms with Crippen molar-refractivity contribution in [3.05, 3.63) is 35.6 Å². The highest BCUT2D eigenvalue weighted by Crippen LogP contribution is 2.08. The molecule has 1 atom stereocenters. The molecule has 0 heterocycles. The maximum absolute atomic E-state index is 13.0. The molecule has 1 rings (SSSR count). The van der Waals surface area contributed by atoms with Crippen LogP contribution in [0, 0.1) is 11.7 Å². The average molecular weight is 281 g/mol. The van der Waals surface area contributed by atoms with E-state index in [4.69, 9.17) is 0 Å². The SMILES string of the molecule is COC(=O)[C@H](CC(C)C)NC(=O)Cc1cccc(F)c1. The van der Waals surface area contributed by atoms with Gasteiger partial charge in [-0.15, -0.1) is 0 Å². The Labute approximate surface area is 118 Å². The van der Waals surface area contributed by atoms with Crippen LogP contribution in [-0.2, 0) is 20.7 Å². The third-order valence-electron chi connectivity index (χ3n) is 2.78. The van der Waals surface area contributed by atoms with Crippen molar-refractivity contribution in [3.8, 4) is 0 Å². The number of carbonyl (C=O) groups is 2. The molecule has 0 aliphatic rings. The van der Waals surface area contributed by atoms with Gasteiger partial charge >= 0.3 is 5.97 Å². The maximum atomic E-state index is 13.0. The number of esters is 1. The first-order valence-electron chi connectivity index (χ1n) is 6.54. The van der Waals surface area contributed by atoms with Gasteiger partial charge in [0.2, 0.25) is 5.91 Å². The van der Waals surface area contributed by atoms with Gasteiger partial charge in [-0.3, -0.25) is 4.79 Å². The molecule has 5 heteroatoms. The van der Waals surface area contributed by atoms with E-state index in [9.17, 15) is 14.0 Å². The smallest absolute Gasteiger partial charge is 0.328 e. The largest absolute Gasteiger partial charge is 0.467 e. The summed E-state index contributed by atoms with van der Waals surface area (Å²) < 4.78 is 17.7. The van der Waals surface area contributed by atoms with Crippen LogP contribution in [0.4, 0.5) is 4.39 Å². The Morgan fingerprint density at radius 3 is 2.60 bits per heavy atom. The number of halogens is 1. The Morgan fingerprint density at radius 2 is 2.05 bits per heavy atom. The quantitative estimate of drug-likeness (QED) is 0.812. The third kappa shape index (κ3) is 5.38. The average Bonchev–Trinajstić information content (AvgIpc) is 2.36. The normalized spacial score (nSPS) is 12.1. The molecule has 0 radical (unpaired) electrons. The second-order valence-electron chi connectivity index (χ2n) is 5.08. The summed E-state index contributed by atoms with van der Waals surface area (Å²) in [5.41, 5.74) is 0.565. The van der Waals surface area contributed by atoms with E-state index in [0.717, 1.165) is 0 Å². The van der Waals surface area contributed by atoms with Gasteiger partial charge in [0.05, 0.1) is 13.5 Å². The van der Waals surface area contributed by atoms with Crippen molar-refractivity contribution in [2.24, 2.45) is 5.92 Å². The summed E-state index contributed by atoms with van der Waals surface area (Å²) in [6.45, 7) is 3.91. The summed E-state index contributed by atoms with van der Waals surface area (Å²) in [5, 5.41) is 2.63. The Balaban J connectivity index is 2.64. The highest BCUT2D eigenvalue weighted by atomic mass is 19.1. The second-order valence-corrected chi connectivity index (χ2v) is 5.08. The predicted molar refractivity (Wildman–Crippen MR) is 73.5 cm³/mol. The van der Waals surface area contributed by atoms with E-state index >= 15 is 0 Å². The van der Waals surface area contributed by atoms with Gasteiger partial charge in [-0.1, -0.05) is 26.0 Å². The Bertz CT molecular complexity index is 474. The molecule has 0 aliphatic carbocycles. The van der Waals surface area contributed by atoms with E-state index in [-0.39, 0.29) is 24.1 Å². The number of benzene rings is 1. The zero-order valence-electron chi connectivity index (χ0n) is 12.0. The zero-order valence-corrected chi connectivity index (χ0v) is 12.0. The number of hydrogen-bond acceptors (Lipinski definition) is 3. The lowest BCUT2D eigenvalue weighted by molar-refractivity contribution is -0.145. The first-order chi connectivity index (χ1) is 9.42. The summed E-state index contributed by atoms with van der Waals surface area (Å²) in [4.78, 5) is 23.5. The lowest BCUT2D eigenvalue weighted by atomic mass is 10.0. The minimum Gasteiger partial charge on any atom is -0.467 e. The number of ether oxygens (including phenoxy) is 1. The maximum Gasteiger partial charge on any atom is 0.328 e. The van der Waals surface area contributed by atoms with E-state index in [2.05, 4.69) is 10.1 Å². The van der Waals surface area contributed by atoms with Crippen molar-refractivity contribution < 1.29 is 18.7 Å². The van der Waals surface area contributed by atoms with E-state index < -0.39 is 12.0 Å². The highest BCUT2D eigenvalue weighted by Gasteiger charge is 2.22. The van der Waals surface area contributed by atoms with Gasteiger partial charge in [0.25, 0.3) is 0 Å². The van der Waals surface area contributed by atoms with Crippen molar-refractivity contribution in [2.75, 3.05) is 7.11 Å². The van der Waals surface area contributed by atoms with Crippen LogP contribution in [0.3, 0.4) is 0 Å². The molecule has 4 nitrogen and oxygen atoms in total. The minimum atomic E-state index is -0.666. The lowest BCUT2D eigenvalue weighted by Gasteiger charge is -2.18. The molecule has 0 unspecified atom stereocenters. The fourth-order valence-corrected chi connectivity index (χ4v) is 1.91. The van der Waals surface area contributed by atoms with Crippen LogP contribution >= 0.6 is 0 Å². The highest BCUT2D eigenvalue weighted by molar-refractivity contribution is 5.85. The van der Waals surface area contributed by atoms with Crippen molar-refractivity contribution in [1.29, 1.82) is 0 Å². The van der Waals surface area contributed by atoms with Crippen LogP contribution in [0.25, 0.3) is 0 Å². The van der Waals surface area contributed by atoms with Gasteiger partial charge in [0, 0.05) is 0 Å². The summed E-state index contributed by atoms with van der Waals surface area (Å²) in [6, 6.07) is 5.16. The Morgan fingerprint density at radius 1 is 1.35 bits per heavy atom. The molecule has 20 heavy (non-hydrogen) atoms. The van der Waals surface area contributed by atoms with Gasteiger partial charge in [-0.05, 0) is 30.0 Å². The van der Waals surface area contributed by atoms with Gasteiger partial charge in [0.15, 0.2) is 0 Å². The molecule has 0 aromatic heterocycles. The monoisotopic (exact) mass is 281 g/mol. The molecule has 1 aromatic rings. The predicted octanol–water partition coefficient (Wildman–Crippen LogP) is 2.07. The molecule has 110 valence electrons. The number of nitrogens with one attached hydrogen (secondary N) is 1. The van der Waals surface area contributed by atoms with Gasteiger partial charge < -0.3 is 10.1 Å². The van der Waals surface area contributed by atoms with Gasteiger partial charge in [-0.2, -0.15) is 0 Å². The van der Waals surface area contributed by atoms with Crippen LogP contribution in [0.5, 0.6) is 0 Å². The van der Waals surface area contributed by atoms with Gasteiger partial charge in [0.1, 0.15) is 11.9 Å². The standard InChI is InChI=1S/C15H20FNO3/c1-10(2)7-13(15(19)20-3)17-14(18)9-11-5-4-6-12(16)8-11/h4-6,8,10,13H,7,9H2,1-3H3,(H,17,18)/t13-/m0/s1. The van der Waals surface area contributed by atoms with E-state index in [1.54, 1.807) is 12.1 Å². The Hall–Kier alpha value is -1.91. The first kappa shape index (κ1) is 16.1. The molecular weight excluding hydrogens is 261 g/mol. The number of amides is 1. The van der Waals surface area contributed by atoms with E-state index in [1.165, 1.54) is 19.2 Å². The molecule has 1 amide bonds. The Kier molecular flexibility index (Phi) is 6.15. The summed E-state index contributed by atoms with van der Waals surface area (Å²) >= 11 is 0. The minimum absolute atomic E-state index is 0.0311. The third-order valence-corrected chi connectivity index (χ3v) is 2.78. The first-order valence-corrected chi connectivity index (χ1v) is 6.54. The molecular formula is C15H20FNO3. The lowest BCUT2D eigenvalue weighted by Crippen LogP contribution is -2.43. The van der Waals surface area contributed by atoms with Crippen molar-refractivity contribution in [1.82, 2.24) is 5.32 Å². The zero-order chi connectivity index (χ0) is 15.1. The molecule has 0 saturated carbocycles. The second kappa shape index (κ2) is 7.62. The molecule has 0 bridgehead atoms. The number of carbonyl (C=O) groups excluding carboxylic acids is 2. The molecule has 1 N–H and O–H groups in total. The van der Waals surface area contributed by atoms with Gasteiger partial charge in [-0.25, -0.2) is 9.18 Å². The van der Waals surface area contributed by atoms with Crippen molar-refractivity contribution in [3.63, 3.8) is 0 Å². The summed E-state index contributed by atoms with van der Waals surface area (Å²) in [6.07, 6.45) is 0.533. The van der Waals surface area contributed by atoms with Crippen LogP contribution in [0.2, 0.25) is 0 Å². The van der Waals surface area contributed by atoms with Crippen LogP contribution in [0.1, 0.15) is 25.8 Å². The summed E-state index contributed by atoms with van der Waals surface area (Å²) in [7, 11) is 1.29. The molecule has 0 fully saturated rings. The molecule has 0 saturated heterocycles. The number of hydrogen-bond donors (Lipinski definition) is 1. The van der Waals surface area contributed by atoms with Crippen LogP contribution in [-0.4, -0.2) is 25.0 Å². The topological polar surface area (TPSA) is 55.4 Å². The number of methoxy groups -OCH3 is 1. The van der Waals surface area contributed by atoms with Crippen LogP contribution in [0.15, 0.2) is 24.3 Å². The molecule has 0 spiro atoms. The van der Waals surface area contributed by atoms with Crippen molar-refractivity contribution in [2.45, 2.75) is 32.7 Å². The molecule has 1 aromatic carbocycles. The number of rotatable bonds is 6.